The van der Waals surface area contributed by atoms with Crippen LogP contribution >= 0.6 is 0 Å². The molecule has 4 heteroatoms. The van der Waals surface area contributed by atoms with E-state index >= 15 is 0 Å². The smallest absolute Gasteiger partial charge is 0.382 e. The molecule has 0 radical (unpaired) electrons. The number of carboxylic acid groups (broad SMARTS) is 1. The van der Waals surface area contributed by atoms with Gasteiger partial charge in [-0.2, -0.15) is 0 Å². The standard InChI is InChI=1S/C13H14N2O2/c1-15-6-2-3-12(15)11-7-10(8-14-9-11)4-5-13(16)17/h7-9,12H,2-3,6H2,1H3,(H,16,17). The number of carboxylic acids is 1. The number of rotatable bonds is 1. The molecule has 88 valence electrons. The van der Waals surface area contributed by atoms with E-state index in [4.69, 9.17) is 5.11 Å². The zero-order valence-electron chi connectivity index (χ0n) is 9.68. The van der Waals surface area contributed by atoms with Crippen LogP contribution in [0.15, 0.2) is 18.5 Å². The van der Waals surface area contributed by atoms with E-state index in [0.717, 1.165) is 18.5 Å². The van der Waals surface area contributed by atoms with Crippen molar-refractivity contribution in [3.8, 4) is 11.8 Å². The third-order valence-electron chi connectivity index (χ3n) is 2.98. The molecule has 4 nitrogen and oxygen atoms in total. The highest BCUT2D eigenvalue weighted by atomic mass is 16.4. The van der Waals surface area contributed by atoms with Crippen LogP contribution < -0.4 is 0 Å². The van der Waals surface area contributed by atoms with E-state index in [1.807, 2.05) is 12.3 Å². The number of nitrogens with zero attached hydrogens (tertiary/aromatic N) is 2. The molecule has 1 aromatic rings. The average Bonchev–Trinajstić information content (AvgIpc) is 2.73. The van der Waals surface area contributed by atoms with Crippen LogP contribution in [0.4, 0.5) is 0 Å². The van der Waals surface area contributed by atoms with Crippen molar-refractivity contribution in [2.75, 3.05) is 13.6 Å². The fourth-order valence-electron chi connectivity index (χ4n) is 2.17. The second kappa shape index (κ2) is 4.98. The minimum atomic E-state index is -1.12. The van der Waals surface area contributed by atoms with E-state index in [1.165, 1.54) is 6.42 Å². The van der Waals surface area contributed by atoms with Crippen LogP contribution in [0, 0.1) is 11.8 Å². The molecule has 0 amide bonds. The predicted molar refractivity (Wildman–Crippen MR) is 63.4 cm³/mol. The number of hydrogen-bond acceptors (Lipinski definition) is 3. The first-order valence-corrected chi connectivity index (χ1v) is 5.57. The lowest BCUT2D eigenvalue weighted by Crippen LogP contribution is -2.17. The molecule has 0 bridgehead atoms. The molecule has 1 aliphatic rings. The minimum absolute atomic E-state index is 0.383. The molecule has 0 aliphatic carbocycles. The Labute approximate surface area is 100 Å². The lowest BCUT2D eigenvalue weighted by molar-refractivity contribution is -0.130. The molecule has 0 aromatic carbocycles. The van der Waals surface area contributed by atoms with Crippen molar-refractivity contribution in [3.63, 3.8) is 0 Å². The van der Waals surface area contributed by atoms with Crippen molar-refractivity contribution in [1.82, 2.24) is 9.88 Å². The van der Waals surface area contributed by atoms with Crippen molar-refractivity contribution >= 4 is 5.97 Å². The van der Waals surface area contributed by atoms with E-state index in [0.29, 0.717) is 11.6 Å². The highest BCUT2D eigenvalue weighted by Crippen LogP contribution is 2.29. The summed E-state index contributed by atoms with van der Waals surface area (Å²) in [6, 6.07) is 2.31. The van der Waals surface area contributed by atoms with E-state index in [-0.39, 0.29) is 0 Å². The summed E-state index contributed by atoms with van der Waals surface area (Å²) in [5.74, 6) is 3.58. The molecule has 0 saturated carbocycles. The normalized spacial score (nSPS) is 19.7. The summed E-state index contributed by atoms with van der Waals surface area (Å²) < 4.78 is 0. The largest absolute Gasteiger partial charge is 0.472 e. The Morgan fingerprint density at radius 1 is 1.59 bits per heavy atom. The van der Waals surface area contributed by atoms with E-state index in [2.05, 4.69) is 28.8 Å². The molecular formula is C13H14N2O2. The first kappa shape index (κ1) is 11.6. The number of likely N-dealkylation sites (tertiary alicyclic amines) is 1. The molecule has 2 rings (SSSR count). The quantitative estimate of drug-likeness (QED) is 0.738. The van der Waals surface area contributed by atoms with Gasteiger partial charge in [-0.25, -0.2) is 4.79 Å². The van der Waals surface area contributed by atoms with Crippen LogP contribution in [0.2, 0.25) is 0 Å². The monoisotopic (exact) mass is 230 g/mol. The number of aliphatic carboxylic acids is 1. The van der Waals surface area contributed by atoms with Crippen molar-refractivity contribution in [2.45, 2.75) is 18.9 Å². The highest BCUT2D eigenvalue weighted by molar-refractivity contribution is 5.87. The van der Waals surface area contributed by atoms with E-state index < -0.39 is 5.97 Å². The molecule has 1 saturated heterocycles. The van der Waals surface area contributed by atoms with Gasteiger partial charge in [-0.15, -0.1) is 0 Å². The van der Waals surface area contributed by atoms with Crippen molar-refractivity contribution in [3.05, 3.63) is 29.6 Å². The summed E-state index contributed by atoms with van der Waals surface area (Å²) in [7, 11) is 2.09. The fourth-order valence-corrected chi connectivity index (χ4v) is 2.17. The second-order valence-corrected chi connectivity index (χ2v) is 4.20. The van der Waals surface area contributed by atoms with E-state index in [9.17, 15) is 4.79 Å². The van der Waals surface area contributed by atoms with Gasteiger partial charge in [-0.3, -0.25) is 9.88 Å². The zero-order chi connectivity index (χ0) is 12.3. The Kier molecular flexibility index (Phi) is 3.40. The van der Waals surface area contributed by atoms with Gasteiger partial charge in [0.2, 0.25) is 0 Å². The van der Waals surface area contributed by atoms with Gasteiger partial charge in [0, 0.05) is 29.9 Å². The van der Waals surface area contributed by atoms with Gasteiger partial charge in [0.05, 0.1) is 0 Å². The molecular weight excluding hydrogens is 216 g/mol. The zero-order valence-corrected chi connectivity index (χ0v) is 9.68. The van der Waals surface area contributed by atoms with Crippen molar-refractivity contribution in [2.24, 2.45) is 0 Å². The van der Waals surface area contributed by atoms with Crippen LogP contribution in [0.1, 0.15) is 30.0 Å². The lowest BCUT2D eigenvalue weighted by Gasteiger charge is -2.19. The Bertz CT molecular complexity index is 488. The lowest BCUT2D eigenvalue weighted by atomic mass is 10.1. The van der Waals surface area contributed by atoms with Gasteiger partial charge < -0.3 is 5.11 Å². The molecule has 1 aliphatic heterocycles. The molecule has 1 N–H and O–H groups in total. The third-order valence-corrected chi connectivity index (χ3v) is 2.98. The van der Waals surface area contributed by atoms with Gasteiger partial charge in [-0.1, -0.05) is 5.92 Å². The molecule has 1 fully saturated rings. The molecule has 2 heterocycles. The Hall–Kier alpha value is -1.86. The number of carbonyl (C=O) groups is 1. The predicted octanol–water partition coefficient (Wildman–Crippen LogP) is 1.28. The Morgan fingerprint density at radius 3 is 3.06 bits per heavy atom. The summed E-state index contributed by atoms with van der Waals surface area (Å²) in [4.78, 5) is 16.8. The van der Waals surface area contributed by atoms with Gasteiger partial charge in [-0.05, 0) is 38.1 Å². The summed E-state index contributed by atoms with van der Waals surface area (Å²) in [5.41, 5.74) is 1.77. The van der Waals surface area contributed by atoms with E-state index in [1.54, 1.807) is 6.20 Å². The minimum Gasteiger partial charge on any atom is -0.472 e. The fraction of sp³-hybridized carbons (Fsp3) is 0.385. The van der Waals surface area contributed by atoms with Gasteiger partial charge in [0.25, 0.3) is 0 Å². The first-order chi connectivity index (χ1) is 8.16. The maximum absolute atomic E-state index is 10.4. The number of pyridine rings is 1. The third kappa shape index (κ3) is 2.83. The maximum atomic E-state index is 10.4. The first-order valence-electron chi connectivity index (χ1n) is 5.57. The van der Waals surface area contributed by atoms with Crippen LogP contribution in [-0.4, -0.2) is 34.6 Å². The van der Waals surface area contributed by atoms with Gasteiger partial charge >= 0.3 is 5.97 Å². The van der Waals surface area contributed by atoms with Gasteiger partial charge in [0.15, 0.2) is 0 Å². The molecule has 1 aromatic heterocycles. The van der Waals surface area contributed by atoms with Crippen LogP contribution in [0.3, 0.4) is 0 Å². The molecule has 17 heavy (non-hydrogen) atoms. The number of hydrogen-bond donors (Lipinski definition) is 1. The van der Waals surface area contributed by atoms with Crippen molar-refractivity contribution in [1.29, 1.82) is 0 Å². The molecule has 0 spiro atoms. The topological polar surface area (TPSA) is 53.4 Å². The van der Waals surface area contributed by atoms with Crippen LogP contribution in [0.5, 0.6) is 0 Å². The molecule has 1 atom stereocenters. The average molecular weight is 230 g/mol. The van der Waals surface area contributed by atoms with Gasteiger partial charge in [0.1, 0.15) is 0 Å². The van der Waals surface area contributed by atoms with Crippen molar-refractivity contribution < 1.29 is 9.90 Å². The maximum Gasteiger partial charge on any atom is 0.382 e. The van der Waals surface area contributed by atoms with Crippen LogP contribution in [0.25, 0.3) is 0 Å². The number of aromatic nitrogens is 1. The summed E-state index contributed by atoms with van der Waals surface area (Å²) in [5, 5.41) is 8.50. The SMILES string of the molecule is CN1CCCC1c1cncc(C#CC(=O)O)c1. The second-order valence-electron chi connectivity index (χ2n) is 4.20. The Morgan fingerprint density at radius 2 is 2.41 bits per heavy atom. The Balaban J connectivity index is 2.23. The highest BCUT2D eigenvalue weighted by Gasteiger charge is 2.22. The summed E-state index contributed by atoms with van der Waals surface area (Å²) in [6.07, 6.45) is 5.73. The summed E-state index contributed by atoms with van der Waals surface area (Å²) in [6.45, 7) is 1.09. The van der Waals surface area contributed by atoms with Crippen LogP contribution in [-0.2, 0) is 4.79 Å². The summed E-state index contributed by atoms with van der Waals surface area (Å²) >= 11 is 0. The molecule has 1 unspecified atom stereocenters.